The van der Waals surface area contributed by atoms with Gasteiger partial charge in [0.05, 0.1) is 5.39 Å². The van der Waals surface area contributed by atoms with Crippen molar-refractivity contribution in [3.05, 3.63) is 22.5 Å². The predicted octanol–water partition coefficient (Wildman–Crippen LogP) is 2.24. The van der Waals surface area contributed by atoms with Crippen molar-refractivity contribution >= 4 is 22.6 Å². The number of aryl methyl sites for hydroxylation is 3. The third-order valence-electron chi connectivity index (χ3n) is 2.06. The van der Waals surface area contributed by atoms with Gasteiger partial charge in [0.15, 0.2) is 5.65 Å². The summed E-state index contributed by atoms with van der Waals surface area (Å²) < 4.78 is 1.64. The van der Waals surface area contributed by atoms with E-state index < -0.39 is 0 Å². The number of hydrogen-bond donors (Lipinski definition) is 0. The van der Waals surface area contributed by atoms with E-state index in [2.05, 4.69) is 10.1 Å². The Morgan fingerprint density at radius 1 is 1.38 bits per heavy atom. The number of fused-ring (bicyclic) bond motifs is 1. The SMILES string of the molecule is Cc1cc(C)c2c(Cl)n(C)nc2n1. The molecule has 0 amide bonds. The molecule has 0 aromatic carbocycles. The fourth-order valence-electron chi connectivity index (χ4n) is 1.49. The summed E-state index contributed by atoms with van der Waals surface area (Å²) in [5.74, 6) is 0. The number of nitrogens with zero attached hydrogens (tertiary/aromatic N) is 3. The molecule has 0 aliphatic rings. The monoisotopic (exact) mass is 195 g/mol. The van der Waals surface area contributed by atoms with E-state index in [4.69, 9.17) is 11.6 Å². The van der Waals surface area contributed by atoms with Gasteiger partial charge in [0.1, 0.15) is 5.15 Å². The van der Waals surface area contributed by atoms with Crippen LogP contribution in [0.5, 0.6) is 0 Å². The third-order valence-corrected chi connectivity index (χ3v) is 2.49. The molecule has 2 rings (SSSR count). The predicted molar refractivity (Wildman–Crippen MR) is 53.0 cm³/mol. The fourth-order valence-corrected chi connectivity index (χ4v) is 1.76. The Morgan fingerprint density at radius 3 is 2.77 bits per heavy atom. The first-order chi connectivity index (χ1) is 6.09. The molecule has 0 bridgehead atoms. The molecule has 0 saturated carbocycles. The highest BCUT2D eigenvalue weighted by molar-refractivity contribution is 6.34. The Morgan fingerprint density at radius 2 is 2.08 bits per heavy atom. The molecule has 0 aliphatic carbocycles. The third kappa shape index (κ3) is 1.20. The molecule has 13 heavy (non-hydrogen) atoms. The number of hydrogen-bond acceptors (Lipinski definition) is 2. The van der Waals surface area contributed by atoms with E-state index in [1.807, 2.05) is 27.0 Å². The van der Waals surface area contributed by atoms with Crippen LogP contribution in [0.2, 0.25) is 5.15 Å². The van der Waals surface area contributed by atoms with Crippen molar-refractivity contribution in [2.45, 2.75) is 13.8 Å². The molecule has 4 heteroatoms. The fraction of sp³-hybridized carbons (Fsp3) is 0.333. The summed E-state index contributed by atoms with van der Waals surface area (Å²) in [4.78, 5) is 4.30. The minimum absolute atomic E-state index is 0.653. The van der Waals surface area contributed by atoms with Gasteiger partial charge in [-0.25, -0.2) is 4.98 Å². The first-order valence-electron chi connectivity index (χ1n) is 4.06. The zero-order chi connectivity index (χ0) is 9.59. The molecule has 2 aromatic heterocycles. The van der Waals surface area contributed by atoms with E-state index in [1.165, 1.54) is 0 Å². The zero-order valence-electron chi connectivity index (χ0n) is 7.80. The van der Waals surface area contributed by atoms with Gasteiger partial charge in [-0.3, -0.25) is 4.68 Å². The second kappa shape index (κ2) is 2.70. The second-order valence-electron chi connectivity index (χ2n) is 3.19. The van der Waals surface area contributed by atoms with E-state index in [1.54, 1.807) is 4.68 Å². The van der Waals surface area contributed by atoms with Crippen molar-refractivity contribution in [2.75, 3.05) is 0 Å². The van der Waals surface area contributed by atoms with Crippen molar-refractivity contribution < 1.29 is 0 Å². The molecule has 3 nitrogen and oxygen atoms in total. The lowest BCUT2D eigenvalue weighted by atomic mass is 10.2. The maximum Gasteiger partial charge on any atom is 0.183 e. The van der Waals surface area contributed by atoms with Crippen LogP contribution in [0.25, 0.3) is 11.0 Å². The minimum Gasteiger partial charge on any atom is -0.254 e. The molecule has 0 aliphatic heterocycles. The van der Waals surface area contributed by atoms with Crippen LogP contribution in [-0.2, 0) is 7.05 Å². The number of halogens is 1. The van der Waals surface area contributed by atoms with Crippen molar-refractivity contribution in [3.63, 3.8) is 0 Å². The van der Waals surface area contributed by atoms with Crippen LogP contribution in [0.3, 0.4) is 0 Å². The average Bonchev–Trinajstić information content (AvgIpc) is 2.27. The van der Waals surface area contributed by atoms with Crippen molar-refractivity contribution in [2.24, 2.45) is 7.05 Å². The van der Waals surface area contributed by atoms with E-state index >= 15 is 0 Å². The molecule has 0 N–H and O–H groups in total. The highest BCUT2D eigenvalue weighted by atomic mass is 35.5. The summed E-state index contributed by atoms with van der Waals surface area (Å²) in [5, 5.41) is 5.81. The molecule has 0 atom stereocenters. The first kappa shape index (κ1) is 8.51. The molecular formula is C9H10ClN3. The molecule has 0 radical (unpaired) electrons. The number of rotatable bonds is 0. The van der Waals surface area contributed by atoms with E-state index in [0.717, 1.165) is 22.3 Å². The van der Waals surface area contributed by atoms with Crippen LogP contribution in [0.4, 0.5) is 0 Å². The molecule has 0 spiro atoms. The zero-order valence-corrected chi connectivity index (χ0v) is 8.55. The Balaban J connectivity index is 2.94. The lowest BCUT2D eigenvalue weighted by Crippen LogP contribution is -1.88. The Labute approximate surface area is 81.3 Å². The Bertz CT molecular complexity index is 473. The second-order valence-corrected chi connectivity index (χ2v) is 3.55. The Hall–Kier alpha value is -1.09. The summed E-state index contributed by atoms with van der Waals surface area (Å²) in [6, 6.07) is 2.01. The van der Waals surface area contributed by atoms with Crippen LogP contribution in [0.15, 0.2) is 6.07 Å². The van der Waals surface area contributed by atoms with Gasteiger partial charge >= 0.3 is 0 Å². The van der Waals surface area contributed by atoms with Crippen LogP contribution >= 0.6 is 11.6 Å². The van der Waals surface area contributed by atoms with Gasteiger partial charge in [0.2, 0.25) is 0 Å². The largest absolute Gasteiger partial charge is 0.254 e. The highest BCUT2D eigenvalue weighted by Gasteiger charge is 2.10. The average molecular weight is 196 g/mol. The standard InChI is InChI=1S/C9H10ClN3/c1-5-4-6(2)11-9-7(5)8(10)13(3)12-9/h4H,1-3H3. The van der Waals surface area contributed by atoms with Gasteiger partial charge in [-0.15, -0.1) is 0 Å². The van der Waals surface area contributed by atoms with Crippen LogP contribution in [-0.4, -0.2) is 14.8 Å². The summed E-state index contributed by atoms with van der Waals surface area (Å²) in [6.45, 7) is 3.97. The van der Waals surface area contributed by atoms with E-state index in [-0.39, 0.29) is 0 Å². The summed E-state index contributed by atoms with van der Waals surface area (Å²) in [5.41, 5.74) is 2.82. The van der Waals surface area contributed by atoms with Gasteiger partial charge in [-0.1, -0.05) is 11.6 Å². The van der Waals surface area contributed by atoms with Crippen molar-refractivity contribution in [1.29, 1.82) is 0 Å². The van der Waals surface area contributed by atoms with E-state index in [9.17, 15) is 0 Å². The lowest BCUT2D eigenvalue weighted by Gasteiger charge is -1.96. The van der Waals surface area contributed by atoms with Gasteiger partial charge in [0.25, 0.3) is 0 Å². The smallest absolute Gasteiger partial charge is 0.183 e. The lowest BCUT2D eigenvalue weighted by molar-refractivity contribution is 0.776. The molecule has 0 fully saturated rings. The normalized spacial score (nSPS) is 11.1. The Kier molecular flexibility index (Phi) is 1.77. The quantitative estimate of drug-likeness (QED) is 0.646. The van der Waals surface area contributed by atoms with Gasteiger partial charge < -0.3 is 0 Å². The van der Waals surface area contributed by atoms with Crippen LogP contribution in [0, 0.1) is 13.8 Å². The first-order valence-corrected chi connectivity index (χ1v) is 4.44. The summed E-state index contributed by atoms with van der Waals surface area (Å²) >= 11 is 6.06. The topological polar surface area (TPSA) is 30.7 Å². The highest BCUT2D eigenvalue weighted by Crippen LogP contribution is 2.24. The maximum absolute atomic E-state index is 6.06. The molecule has 2 heterocycles. The van der Waals surface area contributed by atoms with Crippen LogP contribution < -0.4 is 0 Å². The van der Waals surface area contributed by atoms with Crippen molar-refractivity contribution in [3.8, 4) is 0 Å². The molecule has 2 aromatic rings. The molecular weight excluding hydrogens is 186 g/mol. The minimum atomic E-state index is 0.653. The summed E-state index contributed by atoms with van der Waals surface area (Å²) in [7, 11) is 1.82. The maximum atomic E-state index is 6.06. The molecule has 0 saturated heterocycles. The van der Waals surface area contributed by atoms with Gasteiger partial charge in [-0.05, 0) is 25.5 Å². The van der Waals surface area contributed by atoms with E-state index in [0.29, 0.717) is 5.15 Å². The number of pyridine rings is 1. The molecule has 68 valence electrons. The summed E-state index contributed by atoms with van der Waals surface area (Å²) in [6.07, 6.45) is 0. The number of aromatic nitrogens is 3. The van der Waals surface area contributed by atoms with Gasteiger partial charge in [-0.2, -0.15) is 5.10 Å². The van der Waals surface area contributed by atoms with Crippen molar-refractivity contribution in [1.82, 2.24) is 14.8 Å². The van der Waals surface area contributed by atoms with Crippen LogP contribution in [0.1, 0.15) is 11.3 Å². The van der Waals surface area contributed by atoms with Gasteiger partial charge in [0, 0.05) is 12.7 Å². The molecule has 0 unspecified atom stereocenters.